The molecule has 0 amide bonds. The first-order valence-electron chi connectivity index (χ1n) is 6.51. The van der Waals surface area contributed by atoms with Gasteiger partial charge in [-0.05, 0) is 25.1 Å². The molecule has 3 nitrogen and oxygen atoms in total. The summed E-state index contributed by atoms with van der Waals surface area (Å²) in [6.45, 7) is 4.40. The van der Waals surface area contributed by atoms with Crippen molar-refractivity contribution < 1.29 is 9.13 Å². The molecule has 1 aromatic carbocycles. The first-order valence-corrected chi connectivity index (χ1v) is 6.51. The highest BCUT2D eigenvalue weighted by Gasteiger charge is 2.19. The molecule has 2 rings (SSSR count). The fourth-order valence-electron chi connectivity index (χ4n) is 2.31. The van der Waals surface area contributed by atoms with E-state index in [1.165, 1.54) is 6.07 Å². The molecule has 1 saturated heterocycles. The molecule has 0 radical (unpaired) electrons. The van der Waals surface area contributed by atoms with Gasteiger partial charge in [-0.3, -0.25) is 4.90 Å². The van der Waals surface area contributed by atoms with Crippen LogP contribution < -0.4 is 5.32 Å². The van der Waals surface area contributed by atoms with Crippen LogP contribution in [0.2, 0.25) is 0 Å². The number of likely N-dealkylation sites (N-methyl/N-ethyl adjacent to an activating group) is 1. The van der Waals surface area contributed by atoms with E-state index in [4.69, 9.17) is 4.74 Å². The van der Waals surface area contributed by atoms with Gasteiger partial charge in [0.05, 0.1) is 12.7 Å². The van der Waals surface area contributed by atoms with Crippen molar-refractivity contribution in [2.75, 3.05) is 39.8 Å². The Morgan fingerprint density at radius 1 is 1.44 bits per heavy atom. The summed E-state index contributed by atoms with van der Waals surface area (Å²) in [7, 11) is 1.93. The number of nitrogens with one attached hydrogen (secondary N) is 1. The number of ether oxygens (including phenoxy) is 1. The van der Waals surface area contributed by atoms with Crippen LogP contribution in [0.4, 0.5) is 4.39 Å². The molecule has 0 bridgehead atoms. The van der Waals surface area contributed by atoms with Crippen molar-refractivity contribution in [2.45, 2.75) is 12.5 Å². The zero-order valence-corrected chi connectivity index (χ0v) is 10.9. The van der Waals surface area contributed by atoms with Gasteiger partial charge in [0, 0.05) is 26.2 Å². The Kier molecular flexibility index (Phi) is 5.11. The molecule has 0 aliphatic carbocycles. The highest BCUT2D eigenvalue weighted by atomic mass is 19.1. The van der Waals surface area contributed by atoms with E-state index in [0.29, 0.717) is 0 Å². The predicted molar refractivity (Wildman–Crippen MR) is 70.2 cm³/mol. The fraction of sp³-hybridized carbons (Fsp3) is 0.571. The van der Waals surface area contributed by atoms with E-state index in [9.17, 15) is 4.39 Å². The van der Waals surface area contributed by atoms with Crippen molar-refractivity contribution in [2.24, 2.45) is 0 Å². The maximum absolute atomic E-state index is 13.5. The number of halogens is 1. The van der Waals surface area contributed by atoms with Crippen LogP contribution in [0.1, 0.15) is 5.56 Å². The molecule has 1 aliphatic heterocycles. The van der Waals surface area contributed by atoms with Crippen LogP contribution in [0, 0.1) is 5.82 Å². The lowest BCUT2D eigenvalue weighted by Gasteiger charge is -2.32. The quantitative estimate of drug-likeness (QED) is 0.854. The molecule has 1 heterocycles. The second-order valence-corrected chi connectivity index (χ2v) is 4.69. The van der Waals surface area contributed by atoms with E-state index in [1.807, 2.05) is 19.2 Å². The topological polar surface area (TPSA) is 24.5 Å². The number of nitrogens with zero attached hydrogens (tertiary/aromatic N) is 1. The SMILES string of the molecule is CNCC1CN(CCc2ccccc2F)CCO1. The van der Waals surface area contributed by atoms with E-state index < -0.39 is 0 Å². The summed E-state index contributed by atoms with van der Waals surface area (Å²) in [5.41, 5.74) is 0.800. The Morgan fingerprint density at radius 2 is 2.28 bits per heavy atom. The highest BCUT2D eigenvalue weighted by molar-refractivity contribution is 5.17. The molecule has 0 spiro atoms. The first-order chi connectivity index (χ1) is 8.79. The van der Waals surface area contributed by atoms with E-state index in [-0.39, 0.29) is 11.9 Å². The van der Waals surface area contributed by atoms with E-state index in [2.05, 4.69) is 10.2 Å². The minimum absolute atomic E-state index is 0.0995. The Morgan fingerprint density at radius 3 is 3.06 bits per heavy atom. The van der Waals surface area contributed by atoms with Gasteiger partial charge < -0.3 is 10.1 Å². The summed E-state index contributed by atoms with van der Waals surface area (Å²) >= 11 is 0. The van der Waals surface area contributed by atoms with Gasteiger partial charge in [0.2, 0.25) is 0 Å². The van der Waals surface area contributed by atoms with E-state index in [0.717, 1.165) is 44.8 Å². The summed E-state index contributed by atoms with van der Waals surface area (Å²) in [5, 5.41) is 3.13. The largest absolute Gasteiger partial charge is 0.374 e. The van der Waals surface area contributed by atoms with Crippen molar-refractivity contribution in [3.8, 4) is 0 Å². The Balaban J connectivity index is 1.81. The van der Waals surface area contributed by atoms with Crippen molar-refractivity contribution in [1.82, 2.24) is 10.2 Å². The Hall–Kier alpha value is -0.970. The van der Waals surface area contributed by atoms with Gasteiger partial charge in [0.25, 0.3) is 0 Å². The van der Waals surface area contributed by atoms with Crippen LogP contribution >= 0.6 is 0 Å². The maximum Gasteiger partial charge on any atom is 0.126 e. The lowest BCUT2D eigenvalue weighted by molar-refractivity contribution is -0.0258. The molecule has 1 unspecified atom stereocenters. The smallest absolute Gasteiger partial charge is 0.126 e. The van der Waals surface area contributed by atoms with E-state index >= 15 is 0 Å². The minimum Gasteiger partial charge on any atom is -0.374 e. The standard InChI is InChI=1S/C14H21FN2O/c1-16-10-13-11-17(8-9-18-13)7-6-12-4-2-3-5-14(12)15/h2-5,13,16H,6-11H2,1H3. The zero-order chi connectivity index (χ0) is 12.8. The second kappa shape index (κ2) is 6.83. The number of benzene rings is 1. The summed E-state index contributed by atoms with van der Waals surface area (Å²) in [6.07, 6.45) is 1.02. The van der Waals surface area contributed by atoms with Crippen molar-refractivity contribution in [3.63, 3.8) is 0 Å². The molecular weight excluding hydrogens is 231 g/mol. The molecule has 1 aromatic rings. The van der Waals surface area contributed by atoms with Crippen LogP contribution in [0.5, 0.6) is 0 Å². The number of rotatable bonds is 5. The van der Waals surface area contributed by atoms with Gasteiger partial charge in [-0.15, -0.1) is 0 Å². The van der Waals surface area contributed by atoms with Crippen LogP contribution in [0.3, 0.4) is 0 Å². The second-order valence-electron chi connectivity index (χ2n) is 4.69. The molecule has 1 fully saturated rings. The summed E-state index contributed by atoms with van der Waals surface area (Å²) in [5.74, 6) is -0.0995. The van der Waals surface area contributed by atoms with Gasteiger partial charge in [0.1, 0.15) is 5.82 Å². The third-order valence-electron chi connectivity index (χ3n) is 3.31. The van der Waals surface area contributed by atoms with Crippen LogP contribution in [-0.4, -0.2) is 50.8 Å². The number of hydrogen-bond acceptors (Lipinski definition) is 3. The molecule has 1 aliphatic rings. The molecule has 0 aromatic heterocycles. The van der Waals surface area contributed by atoms with Crippen LogP contribution in [0.15, 0.2) is 24.3 Å². The summed E-state index contributed by atoms with van der Waals surface area (Å²) in [6, 6.07) is 7.01. The lowest BCUT2D eigenvalue weighted by atomic mass is 10.1. The van der Waals surface area contributed by atoms with Gasteiger partial charge in [-0.25, -0.2) is 4.39 Å². The van der Waals surface area contributed by atoms with Gasteiger partial charge >= 0.3 is 0 Å². The fourth-order valence-corrected chi connectivity index (χ4v) is 2.31. The predicted octanol–water partition coefficient (Wildman–Crippen LogP) is 1.29. The zero-order valence-electron chi connectivity index (χ0n) is 10.9. The monoisotopic (exact) mass is 252 g/mol. The normalized spacial score (nSPS) is 21.1. The Bertz CT molecular complexity index is 371. The lowest BCUT2D eigenvalue weighted by Crippen LogP contribution is -2.46. The molecule has 100 valence electrons. The van der Waals surface area contributed by atoms with E-state index in [1.54, 1.807) is 6.07 Å². The molecule has 0 saturated carbocycles. The van der Waals surface area contributed by atoms with Gasteiger partial charge in [0.15, 0.2) is 0 Å². The third-order valence-corrected chi connectivity index (χ3v) is 3.31. The molecule has 4 heteroatoms. The molecule has 18 heavy (non-hydrogen) atoms. The van der Waals surface area contributed by atoms with Crippen molar-refractivity contribution >= 4 is 0 Å². The van der Waals surface area contributed by atoms with Gasteiger partial charge in [-0.1, -0.05) is 18.2 Å². The van der Waals surface area contributed by atoms with Crippen molar-refractivity contribution in [3.05, 3.63) is 35.6 Å². The number of morpholine rings is 1. The summed E-state index contributed by atoms with van der Waals surface area (Å²) < 4.78 is 19.1. The van der Waals surface area contributed by atoms with Crippen molar-refractivity contribution in [1.29, 1.82) is 0 Å². The highest BCUT2D eigenvalue weighted by Crippen LogP contribution is 2.10. The molecular formula is C14H21FN2O. The van der Waals surface area contributed by atoms with Crippen LogP contribution in [0.25, 0.3) is 0 Å². The summed E-state index contributed by atoms with van der Waals surface area (Å²) in [4.78, 5) is 2.35. The average molecular weight is 252 g/mol. The van der Waals surface area contributed by atoms with Gasteiger partial charge in [-0.2, -0.15) is 0 Å². The molecule has 1 N–H and O–H groups in total. The number of hydrogen-bond donors (Lipinski definition) is 1. The first kappa shape index (κ1) is 13.5. The van der Waals surface area contributed by atoms with Crippen LogP contribution in [-0.2, 0) is 11.2 Å². The third kappa shape index (κ3) is 3.77. The maximum atomic E-state index is 13.5. The minimum atomic E-state index is -0.0995. The Labute approximate surface area is 108 Å². The molecule has 1 atom stereocenters. The average Bonchev–Trinajstić information content (AvgIpc) is 2.39.